The molecule has 4 nitrogen and oxygen atoms in total. The first-order valence-electron chi connectivity index (χ1n) is 6.63. The number of hydrogen-bond donors (Lipinski definition) is 2. The van der Waals surface area contributed by atoms with Crippen LogP contribution >= 0.6 is 11.8 Å². The predicted molar refractivity (Wildman–Crippen MR) is 80.8 cm³/mol. The molecule has 2 rings (SSSR count). The summed E-state index contributed by atoms with van der Waals surface area (Å²) in [6.07, 6.45) is 0.978. The van der Waals surface area contributed by atoms with Crippen LogP contribution in [-0.4, -0.2) is 27.9 Å². The minimum absolute atomic E-state index is 0.219. The number of rotatable bonds is 6. The first-order valence-corrected chi connectivity index (χ1v) is 7.51. The van der Waals surface area contributed by atoms with Crippen LogP contribution in [0.15, 0.2) is 23.4 Å². The summed E-state index contributed by atoms with van der Waals surface area (Å²) in [6, 6.07) is 6.15. The van der Waals surface area contributed by atoms with Gasteiger partial charge in [0.2, 0.25) is 0 Å². The Bertz CT molecular complexity index is 538. The number of benzene rings is 1. The Kier molecular flexibility index (Phi) is 4.71. The lowest BCUT2D eigenvalue weighted by Crippen LogP contribution is -2.19. The van der Waals surface area contributed by atoms with Crippen molar-refractivity contribution in [3.8, 4) is 5.75 Å². The van der Waals surface area contributed by atoms with Crippen LogP contribution in [-0.2, 0) is 0 Å². The lowest BCUT2D eigenvalue weighted by Gasteiger charge is -2.11. The van der Waals surface area contributed by atoms with Crippen LogP contribution in [0.4, 0.5) is 0 Å². The quantitative estimate of drug-likeness (QED) is 0.797. The van der Waals surface area contributed by atoms with Crippen molar-refractivity contribution in [1.82, 2.24) is 9.97 Å². The molecule has 1 aromatic carbocycles. The van der Waals surface area contributed by atoms with Crippen LogP contribution < -0.4 is 10.5 Å². The van der Waals surface area contributed by atoms with Crippen LogP contribution in [0.3, 0.4) is 0 Å². The topological polar surface area (TPSA) is 63.9 Å². The number of ether oxygens (including phenoxy) is 1. The molecule has 0 bridgehead atoms. The average Bonchev–Trinajstić information content (AvgIpc) is 2.69. The summed E-state index contributed by atoms with van der Waals surface area (Å²) < 4.78 is 5.49. The SMILES string of the molecule is CCOc1ccc2nc(SC(C)CC(C)N)[nH]c2c1. The largest absolute Gasteiger partial charge is 0.494 e. The van der Waals surface area contributed by atoms with E-state index in [9.17, 15) is 0 Å². The second-order valence-electron chi connectivity index (χ2n) is 4.80. The number of thioether (sulfide) groups is 1. The van der Waals surface area contributed by atoms with E-state index in [1.807, 2.05) is 32.0 Å². The Morgan fingerprint density at radius 1 is 1.42 bits per heavy atom. The van der Waals surface area contributed by atoms with E-state index in [0.717, 1.165) is 28.4 Å². The maximum atomic E-state index is 5.81. The van der Waals surface area contributed by atoms with Crippen molar-refractivity contribution >= 4 is 22.8 Å². The summed E-state index contributed by atoms with van der Waals surface area (Å²) in [5.41, 5.74) is 7.80. The summed E-state index contributed by atoms with van der Waals surface area (Å²) in [5, 5.41) is 1.39. The molecule has 0 radical (unpaired) electrons. The Morgan fingerprint density at radius 3 is 2.89 bits per heavy atom. The van der Waals surface area contributed by atoms with Crippen molar-refractivity contribution in [1.29, 1.82) is 0 Å². The number of imidazole rings is 1. The van der Waals surface area contributed by atoms with Crippen molar-refractivity contribution in [2.24, 2.45) is 5.73 Å². The maximum absolute atomic E-state index is 5.81. The van der Waals surface area contributed by atoms with Crippen LogP contribution in [0.1, 0.15) is 27.2 Å². The zero-order chi connectivity index (χ0) is 13.8. The molecule has 5 heteroatoms. The van der Waals surface area contributed by atoms with E-state index < -0.39 is 0 Å². The van der Waals surface area contributed by atoms with Gasteiger partial charge in [0.15, 0.2) is 5.16 Å². The van der Waals surface area contributed by atoms with Gasteiger partial charge in [0.25, 0.3) is 0 Å². The van der Waals surface area contributed by atoms with Crippen molar-refractivity contribution < 1.29 is 4.74 Å². The molecular formula is C14H21N3OS. The highest BCUT2D eigenvalue weighted by atomic mass is 32.2. The fourth-order valence-electron chi connectivity index (χ4n) is 2.04. The van der Waals surface area contributed by atoms with E-state index in [2.05, 4.69) is 16.9 Å². The minimum atomic E-state index is 0.219. The highest BCUT2D eigenvalue weighted by Gasteiger charge is 2.11. The van der Waals surface area contributed by atoms with Gasteiger partial charge in [0, 0.05) is 17.4 Å². The third kappa shape index (κ3) is 3.88. The van der Waals surface area contributed by atoms with Gasteiger partial charge in [-0.15, -0.1) is 0 Å². The number of aromatic amines is 1. The number of aromatic nitrogens is 2. The van der Waals surface area contributed by atoms with Crippen molar-refractivity contribution in [2.75, 3.05) is 6.61 Å². The Balaban J connectivity index is 2.12. The van der Waals surface area contributed by atoms with E-state index in [-0.39, 0.29) is 6.04 Å². The summed E-state index contributed by atoms with van der Waals surface area (Å²) in [4.78, 5) is 7.90. The lowest BCUT2D eigenvalue weighted by atomic mass is 10.2. The molecule has 0 fully saturated rings. The standard InChI is InChI=1S/C14H21N3OS/c1-4-18-11-5-6-12-13(8-11)17-14(16-12)19-10(3)7-9(2)15/h5-6,8-10H,4,7,15H2,1-3H3,(H,16,17). The zero-order valence-electron chi connectivity index (χ0n) is 11.6. The molecule has 1 aromatic heterocycles. The molecule has 0 spiro atoms. The van der Waals surface area contributed by atoms with Crippen LogP contribution in [0.5, 0.6) is 5.75 Å². The van der Waals surface area contributed by atoms with Crippen LogP contribution in [0.25, 0.3) is 11.0 Å². The summed E-state index contributed by atoms with van der Waals surface area (Å²) >= 11 is 1.73. The molecule has 0 saturated carbocycles. The monoisotopic (exact) mass is 279 g/mol. The molecular weight excluding hydrogens is 258 g/mol. The van der Waals surface area contributed by atoms with Gasteiger partial charge in [-0.05, 0) is 32.4 Å². The number of nitrogens with zero attached hydrogens (tertiary/aromatic N) is 1. The molecule has 2 unspecified atom stereocenters. The van der Waals surface area contributed by atoms with E-state index in [1.54, 1.807) is 11.8 Å². The van der Waals surface area contributed by atoms with Gasteiger partial charge in [-0.2, -0.15) is 0 Å². The smallest absolute Gasteiger partial charge is 0.166 e. The fourth-order valence-corrected chi connectivity index (χ4v) is 3.14. The Hall–Kier alpha value is -1.20. The highest BCUT2D eigenvalue weighted by molar-refractivity contribution is 7.99. The van der Waals surface area contributed by atoms with Gasteiger partial charge in [0.1, 0.15) is 5.75 Å². The summed E-state index contributed by atoms with van der Waals surface area (Å²) in [6.45, 7) is 6.86. The molecule has 3 N–H and O–H groups in total. The molecule has 0 aliphatic rings. The van der Waals surface area contributed by atoms with Gasteiger partial charge in [-0.25, -0.2) is 4.98 Å². The average molecular weight is 279 g/mol. The van der Waals surface area contributed by atoms with E-state index in [4.69, 9.17) is 10.5 Å². The predicted octanol–water partition coefficient (Wildman–Crippen LogP) is 3.18. The summed E-state index contributed by atoms with van der Waals surface area (Å²) in [5.74, 6) is 0.874. The second kappa shape index (κ2) is 6.30. The minimum Gasteiger partial charge on any atom is -0.494 e. The molecule has 0 aliphatic heterocycles. The molecule has 1 heterocycles. The zero-order valence-corrected chi connectivity index (χ0v) is 12.5. The molecule has 0 aliphatic carbocycles. The number of fused-ring (bicyclic) bond motifs is 1. The number of nitrogens with one attached hydrogen (secondary N) is 1. The van der Waals surface area contributed by atoms with E-state index >= 15 is 0 Å². The summed E-state index contributed by atoms with van der Waals surface area (Å²) in [7, 11) is 0. The number of hydrogen-bond acceptors (Lipinski definition) is 4. The third-order valence-corrected chi connectivity index (χ3v) is 3.77. The Labute approximate surface area is 118 Å². The van der Waals surface area contributed by atoms with Crippen molar-refractivity contribution in [2.45, 2.75) is 43.6 Å². The fraction of sp³-hybridized carbons (Fsp3) is 0.500. The molecule has 19 heavy (non-hydrogen) atoms. The first-order chi connectivity index (χ1) is 9.08. The molecule has 2 aromatic rings. The first kappa shape index (κ1) is 14.2. The van der Waals surface area contributed by atoms with Gasteiger partial charge in [-0.3, -0.25) is 0 Å². The third-order valence-electron chi connectivity index (χ3n) is 2.76. The molecule has 0 amide bonds. The van der Waals surface area contributed by atoms with Crippen LogP contribution in [0, 0.1) is 0 Å². The second-order valence-corrected chi connectivity index (χ2v) is 6.22. The van der Waals surface area contributed by atoms with Gasteiger partial charge in [0.05, 0.1) is 17.6 Å². The van der Waals surface area contributed by atoms with Gasteiger partial charge < -0.3 is 15.5 Å². The van der Waals surface area contributed by atoms with Gasteiger partial charge in [-0.1, -0.05) is 18.7 Å². The highest BCUT2D eigenvalue weighted by Crippen LogP contribution is 2.27. The van der Waals surface area contributed by atoms with Crippen molar-refractivity contribution in [3.05, 3.63) is 18.2 Å². The number of H-pyrrole nitrogens is 1. The van der Waals surface area contributed by atoms with Crippen LogP contribution in [0.2, 0.25) is 0 Å². The lowest BCUT2D eigenvalue weighted by molar-refractivity contribution is 0.340. The number of nitrogens with two attached hydrogens (primary N) is 1. The maximum Gasteiger partial charge on any atom is 0.166 e. The molecule has 2 atom stereocenters. The Morgan fingerprint density at radius 2 is 2.21 bits per heavy atom. The molecule has 0 saturated heterocycles. The van der Waals surface area contributed by atoms with E-state index in [0.29, 0.717) is 11.9 Å². The van der Waals surface area contributed by atoms with Crippen molar-refractivity contribution in [3.63, 3.8) is 0 Å². The van der Waals surface area contributed by atoms with Gasteiger partial charge >= 0.3 is 0 Å². The van der Waals surface area contributed by atoms with E-state index in [1.165, 1.54) is 0 Å². The molecule has 104 valence electrons. The normalized spacial score (nSPS) is 14.5.